The van der Waals surface area contributed by atoms with Crippen LogP contribution in [-0.2, 0) is 0 Å². The van der Waals surface area contributed by atoms with Crippen LogP contribution in [0.1, 0.15) is 35.2 Å². The Balaban J connectivity index is 2.53. The average molecular weight is 273 g/mol. The number of halogens is 1. The van der Waals surface area contributed by atoms with Crippen molar-refractivity contribution < 1.29 is 4.39 Å². The summed E-state index contributed by atoms with van der Waals surface area (Å²) in [6, 6.07) is 6.77. The molecule has 3 N–H and O–H groups in total. The number of pyridine rings is 1. The molecule has 20 heavy (non-hydrogen) atoms. The molecule has 106 valence electrons. The fourth-order valence-electron chi connectivity index (χ4n) is 2.39. The van der Waals surface area contributed by atoms with E-state index in [2.05, 4.69) is 10.3 Å². The summed E-state index contributed by atoms with van der Waals surface area (Å²) < 4.78 is 13.3. The van der Waals surface area contributed by atoms with E-state index >= 15 is 0 Å². The smallest absolute Gasteiger partial charge is 0.128 e. The number of aromatic nitrogens is 1. The zero-order valence-corrected chi connectivity index (χ0v) is 12.1. The number of aryl methyl sites for hydroxylation is 2. The van der Waals surface area contributed by atoms with Gasteiger partial charge < -0.3 is 11.1 Å². The fraction of sp³-hybridized carbons (Fsp3) is 0.312. The average Bonchev–Trinajstić information content (AvgIpc) is 2.40. The first-order valence-electron chi connectivity index (χ1n) is 6.74. The quantitative estimate of drug-likeness (QED) is 0.900. The molecule has 1 aromatic heterocycles. The van der Waals surface area contributed by atoms with Gasteiger partial charge in [-0.05, 0) is 55.3 Å². The van der Waals surface area contributed by atoms with Gasteiger partial charge in [-0.2, -0.15) is 0 Å². The van der Waals surface area contributed by atoms with Gasteiger partial charge in [0.1, 0.15) is 11.6 Å². The van der Waals surface area contributed by atoms with Crippen molar-refractivity contribution >= 4 is 5.82 Å². The normalized spacial score (nSPS) is 12.4. The van der Waals surface area contributed by atoms with Crippen molar-refractivity contribution in [1.29, 1.82) is 0 Å². The molecule has 0 bridgehead atoms. The molecule has 1 unspecified atom stereocenters. The summed E-state index contributed by atoms with van der Waals surface area (Å²) in [4.78, 5) is 4.22. The lowest BCUT2D eigenvalue weighted by Crippen LogP contribution is -2.24. The van der Waals surface area contributed by atoms with Crippen molar-refractivity contribution in [1.82, 2.24) is 10.3 Å². The molecule has 4 heteroatoms. The molecule has 2 rings (SSSR count). The summed E-state index contributed by atoms with van der Waals surface area (Å²) in [5, 5.41) is 3.40. The van der Waals surface area contributed by atoms with Crippen LogP contribution >= 0.6 is 0 Å². The Morgan fingerprint density at radius 2 is 2.00 bits per heavy atom. The Bertz CT molecular complexity index is 611. The Labute approximate surface area is 119 Å². The molecule has 0 spiro atoms. The Kier molecular flexibility index (Phi) is 4.35. The monoisotopic (exact) mass is 273 g/mol. The predicted octanol–water partition coefficient (Wildman–Crippen LogP) is 3.12. The molecule has 0 aliphatic rings. The minimum atomic E-state index is -0.225. The molecule has 1 aromatic carbocycles. The van der Waals surface area contributed by atoms with Gasteiger partial charge in [0.2, 0.25) is 0 Å². The van der Waals surface area contributed by atoms with Crippen LogP contribution in [0.4, 0.5) is 10.2 Å². The molecule has 0 aliphatic heterocycles. The number of nitrogens with one attached hydrogen (secondary N) is 1. The zero-order valence-electron chi connectivity index (χ0n) is 12.1. The highest BCUT2D eigenvalue weighted by atomic mass is 19.1. The van der Waals surface area contributed by atoms with Crippen LogP contribution < -0.4 is 11.1 Å². The number of nitrogens with two attached hydrogens (primary N) is 1. The Morgan fingerprint density at radius 3 is 2.65 bits per heavy atom. The summed E-state index contributed by atoms with van der Waals surface area (Å²) >= 11 is 0. The molecule has 1 heterocycles. The highest BCUT2D eigenvalue weighted by Gasteiger charge is 2.18. The number of hydrogen-bond acceptors (Lipinski definition) is 3. The second kappa shape index (κ2) is 6.01. The highest BCUT2D eigenvalue weighted by molar-refractivity contribution is 5.48. The molecule has 1 atom stereocenters. The predicted molar refractivity (Wildman–Crippen MR) is 80.0 cm³/mol. The van der Waals surface area contributed by atoms with Crippen LogP contribution in [0, 0.1) is 19.7 Å². The van der Waals surface area contributed by atoms with Gasteiger partial charge in [0.25, 0.3) is 0 Å². The Morgan fingerprint density at radius 1 is 1.25 bits per heavy atom. The molecule has 3 nitrogen and oxygen atoms in total. The number of nitrogens with zero attached hydrogens (tertiary/aromatic N) is 1. The first-order chi connectivity index (χ1) is 9.52. The van der Waals surface area contributed by atoms with Crippen LogP contribution in [0.25, 0.3) is 0 Å². The molecular weight excluding hydrogens is 253 g/mol. The summed E-state index contributed by atoms with van der Waals surface area (Å²) in [5.41, 5.74) is 9.92. The summed E-state index contributed by atoms with van der Waals surface area (Å²) in [5.74, 6) is 0.280. The zero-order chi connectivity index (χ0) is 14.7. The first kappa shape index (κ1) is 14.5. The molecular formula is C16H20FN3. The minimum absolute atomic E-state index is 0.0759. The van der Waals surface area contributed by atoms with Crippen molar-refractivity contribution in [2.24, 2.45) is 0 Å². The number of nitrogen functional groups attached to an aromatic ring is 1. The standard InChI is InChI=1S/C16H20FN3/c1-4-19-15(13-6-5-12(17)8-11(13)3)14-7-10(2)9-20-16(14)18/h5-9,15,19H,4H2,1-3H3,(H2,18,20). The van der Waals surface area contributed by atoms with Crippen molar-refractivity contribution in [3.63, 3.8) is 0 Å². The third kappa shape index (κ3) is 2.96. The number of benzene rings is 1. The molecule has 0 saturated carbocycles. The van der Waals surface area contributed by atoms with E-state index in [-0.39, 0.29) is 11.9 Å². The topological polar surface area (TPSA) is 50.9 Å². The molecule has 0 radical (unpaired) electrons. The van der Waals surface area contributed by atoms with Gasteiger partial charge in [0.15, 0.2) is 0 Å². The van der Waals surface area contributed by atoms with Gasteiger partial charge in [-0.25, -0.2) is 9.37 Å². The molecule has 0 saturated heterocycles. The van der Waals surface area contributed by atoms with Crippen LogP contribution in [-0.4, -0.2) is 11.5 Å². The Hall–Kier alpha value is -1.94. The minimum Gasteiger partial charge on any atom is -0.383 e. The maximum atomic E-state index is 13.3. The lowest BCUT2D eigenvalue weighted by Gasteiger charge is -2.22. The summed E-state index contributed by atoms with van der Waals surface area (Å²) in [7, 11) is 0. The maximum Gasteiger partial charge on any atom is 0.128 e. The lowest BCUT2D eigenvalue weighted by molar-refractivity contribution is 0.610. The van der Waals surface area contributed by atoms with Crippen molar-refractivity contribution in [3.05, 3.63) is 58.5 Å². The van der Waals surface area contributed by atoms with E-state index in [1.165, 1.54) is 6.07 Å². The number of hydrogen-bond donors (Lipinski definition) is 2. The van der Waals surface area contributed by atoms with Crippen LogP contribution in [0.2, 0.25) is 0 Å². The van der Waals surface area contributed by atoms with Gasteiger partial charge >= 0.3 is 0 Å². The van der Waals surface area contributed by atoms with Gasteiger partial charge in [-0.3, -0.25) is 0 Å². The third-order valence-electron chi connectivity index (χ3n) is 3.35. The van der Waals surface area contributed by atoms with E-state index in [0.29, 0.717) is 5.82 Å². The summed E-state index contributed by atoms with van der Waals surface area (Å²) in [6.45, 7) is 6.71. The van der Waals surface area contributed by atoms with E-state index < -0.39 is 0 Å². The van der Waals surface area contributed by atoms with Crippen molar-refractivity contribution in [3.8, 4) is 0 Å². The van der Waals surface area contributed by atoms with Crippen molar-refractivity contribution in [2.75, 3.05) is 12.3 Å². The SMILES string of the molecule is CCNC(c1ccc(F)cc1C)c1cc(C)cnc1N. The van der Waals surface area contributed by atoms with Crippen LogP contribution in [0.15, 0.2) is 30.5 Å². The van der Waals surface area contributed by atoms with E-state index in [0.717, 1.165) is 28.8 Å². The maximum absolute atomic E-state index is 13.3. The third-order valence-corrected chi connectivity index (χ3v) is 3.35. The molecule has 2 aromatic rings. The fourth-order valence-corrected chi connectivity index (χ4v) is 2.39. The van der Waals surface area contributed by atoms with Gasteiger partial charge in [-0.15, -0.1) is 0 Å². The van der Waals surface area contributed by atoms with E-state index in [4.69, 9.17) is 5.73 Å². The highest BCUT2D eigenvalue weighted by Crippen LogP contribution is 2.28. The van der Waals surface area contributed by atoms with Gasteiger partial charge in [0, 0.05) is 11.8 Å². The van der Waals surface area contributed by atoms with E-state index in [1.807, 2.05) is 26.8 Å². The van der Waals surface area contributed by atoms with E-state index in [9.17, 15) is 4.39 Å². The largest absolute Gasteiger partial charge is 0.383 e. The van der Waals surface area contributed by atoms with Crippen molar-refractivity contribution in [2.45, 2.75) is 26.8 Å². The first-order valence-corrected chi connectivity index (χ1v) is 6.74. The van der Waals surface area contributed by atoms with E-state index in [1.54, 1.807) is 18.3 Å². The van der Waals surface area contributed by atoms with Gasteiger partial charge in [0.05, 0.1) is 6.04 Å². The number of anilines is 1. The van der Waals surface area contributed by atoms with Crippen LogP contribution in [0.5, 0.6) is 0 Å². The molecule has 0 fully saturated rings. The number of rotatable bonds is 4. The second-order valence-electron chi connectivity index (χ2n) is 4.98. The summed E-state index contributed by atoms with van der Waals surface area (Å²) in [6.07, 6.45) is 1.75. The molecule has 0 amide bonds. The second-order valence-corrected chi connectivity index (χ2v) is 4.98. The lowest BCUT2D eigenvalue weighted by atomic mass is 9.94. The van der Waals surface area contributed by atoms with Gasteiger partial charge in [-0.1, -0.05) is 13.0 Å². The van der Waals surface area contributed by atoms with Crippen LogP contribution in [0.3, 0.4) is 0 Å². The molecule has 0 aliphatic carbocycles.